The van der Waals surface area contributed by atoms with Gasteiger partial charge < -0.3 is 9.32 Å². The molecule has 2 aromatic heterocycles. The van der Waals surface area contributed by atoms with Crippen LogP contribution in [0.15, 0.2) is 39.9 Å². The number of rotatable bonds is 4. The first-order chi connectivity index (χ1) is 11.1. The molecular weight excluding hydrogens is 294 g/mol. The smallest absolute Gasteiger partial charge is 0.274 e. The van der Waals surface area contributed by atoms with E-state index in [9.17, 15) is 9.59 Å². The molecule has 1 aliphatic rings. The van der Waals surface area contributed by atoms with Crippen LogP contribution in [0.3, 0.4) is 0 Å². The summed E-state index contributed by atoms with van der Waals surface area (Å²) in [5.41, 5.74) is 1.05. The molecule has 2 aromatic rings. The first kappa shape index (κ1) is 15.5. The van der Waals surface area contributed by atoms with E-state index in [1.165, 1.54) is 23.2 Å². The first-order valence-corrected chi connectivity index (χ1v) is 8.01. The lowest BCUT2D eigenvalue weighted by Crippen LogP contribution is -2.41. The third kappa shape index (κ3) is 3.52. The quantitative estimate of drug-likeness (QED) is 0.868. The summed E-state index contributed by atoms with van der Waals surface area (Å²) in [4.78, 5) is 26.3. The zero-order valence-corrected chi connectivity index (χ0v) is 13.3. The topological polar surface area (TPSA) is 68.3 Å². The van der Waals surface area contributed by atoms with Gasteiger partial charge in [0, 0.05) is 31.3 Å². The van der Waals surface area contributed by atoms with E-state index in [4.69, 9.17) is 4.42 Å². The van der Waals surface area contributed by atoms with Gasteiger partial charge in [0.1, 0.15) is 5.69 Å². The molecule has 6 nitrogen and oxygen atoms in total. The van der Waals surface area contributed by atoms with E-state index in [1.54, 1.807) is 19.6 Å². The number of hydrogen-bond acceptors (Lipinski definition) is 4. The van der Waals surface area contributed by atoms with Crippen molar-refractivity contribution in [3.63, 3.8) is 0 Å². The second-order valence-corrected chi connectivity index (χ2v) is 6.04. The molecule has 2 heterocycles. The summed E-state index contributed by atoms with van der Waals surface area (Å²) in [6, 6.07) is 4.98. The van der Waals surface area contributed by atoms with Crippen molar-refractivity contribution in [2.24, 2.45) is 7.05 Å². The summed E-state index contributed by atoms with van der Waals surface area (Å²) >= 11 is 0. The maximum absolute atomic E-state index is 13.0. The van der Waals surface area contributed by atoms with Crippen LogP contribution in [-0.4, -0.2) is 26.6 Å². The van der Waals surface area contributed by atoms with Crippen molar-refractivity contribution >= 4 is 5.91 Å². The molecule has 0 saturated heterocycles. The van der Waals surface area contributed by atoms with E-state index in [-0.39, 0.29) is 17.5 Å². The van der Waals surface area contributed by atoms with Gasteiger partial charge in [0.25, 0.3) is 11.5 Å². The second kappa shape index (κ2) is 6.81. The standard InChI is InChI=1S/C17H21N3O3/c1-19-16(21)8-7-15(18-19)17(22)20(11-13-9-10-23-12-13)14-5-3-2-4-6-14/h7-10,12,14H,2-6,11H2,1H3. The lowest BCUT2D eigenvalue weighted by molar-refractivity contribution is 0.0605. The molecule has 0 N–H and O–H groups in total. The number of hydrogen-bond donors (Lipinski definition) is 0. The summed E-state index contributed by atoms with van der Waals surface area (Å²) in [5.74, 6) is -0.131. The average molecular weight is 315 g/mol. The Hall–Kier alpha value is -2.37. The van der Waals surface area contributed by atoms with Crippen molar-refractivity contribution in [3.05, 3.63) is 52.3 Å². The molecule has 0 atom stereocenters. The maximum Gasteiger partial charge on any atom is 0.274 e. The summed E-state index contributed by atoms with van der Waals surface area (Å²) < 4.78 is 6.32. The van der Waals surface area contributed by atoms with E-state index in [2.05, 4.69) is 5.10 Å². The van der Waals surface area contributed by atoms with Crippen LogP contribution < -0.4 is 5.56 Å². The minimum Gasteiger partial charge on any atom is -0.472 e. The van der Waals surface area contributed by atoms with E-state index in [0.717, 1.165) is 31.2 Å². The molecule has 0 aromatic carbocycles. The number of nitrogens with zero attached hydrogens (tertiary/aromatic N) is 3. The van der Waals surface area contributed by atoms with E-state index in [1.807, 2.05) is 11.0 Å². The minimum atomic E-state index is -0.222. The Kier molecular flexibility index (Phi) is 4.60. The molecule has 1 aliphatic carbocycles. The Morgan fingerprint density at radius 3 is 2.74 bits per heavy atom. The number of furan rings is 1. The Bertz CT molecular complexity index is 715. The second-order valence-electron chi connectivity index (χ2n) is 6.04. The monoisotopic (exact) mass is 315 g/mol. The predicted molar refractivity (Wildman–Crippen MR) is 84.9 cm³/mol. The molecule has 1 saturated carbocycles. The molecule has 6 heteroatoms. The van der Waals surface area contributed by atoms with Gasteiger partial charge >= 0.3 is 0 Å². The zero-order chi connectivity index (χ0) is 16.2. The van der Waals surface area contributed by atoms with Crippen molar-refractivity contribution in [2.45, 2.75) is 44.7 Å². The SMILES string of the molecule is Cn1nc(C(=O)N(Cc2ccoc2)C2CCCCC2)ccc1=O. The summed E-state index contributed by atoms with van der Waals surface area (Å²) in [7, 11) is 1.56. The van der Waals surface area contributed by atoms with Gasteiger partial charge in [-0.15, -0.1) is 0 Å². The van der Waals surface area contributed by atoms with Gasteiger partial charge in [-0.3, -0.25) is 9.59 Å². The first-order valence-electron chi connectivity index (χ1n) is 8.01. The fourth-order valence-electron chi connectivity index (χ4n) is 3.10. The van der Waals surface area contributed by atoms with Crippen molar-refractivity contribution in [3.8, 4) is 0 Å². The van der Waals surface area contributed by atoms with Gasteiger partial charge in [0.05, 0.1) is 12.5 Å². The van der Waals surface area contributed by atoms with Gasteiger partial charge in [-0.05, 0) is 25.0 Å². The molecule has 1 fully saturated rings. The van der Waals surface area contributed by atoms with E-state index >= 15 is 0 Å². The third-order valence-corrected chi connectivity index (χ3v) is 4.39. The van der Waals surface area contributed by atoms with Gasteiger partial charge in [-0.25, -0.2) is 4.68 Å². The van der Waals surface area contributed by atoms with E-state index in [0.29, 0.717) is 12.2 Å². The van der Waals surface area contributed by atoms with Gasteiger partial charge in [-0.1, -0.05) is 19.3 Å². The van der Waals surface area contributed by atoms with Crippen LogP contribution >= 0.6 is 0 Å². The fourth-order valence-corrected chi connectivity index (χ4v) is 3.10. The largest absolute Gasteiger partial charge is 0.472 e. The molecule has 0 aliphatic heterocycles. The van der Waals surface area contributed by atoms with Crippen LogP contribution in [-0.2, 0) is 13.6 Å². The Balaban J connectivity index is 1.87. The Labute approximate surface area is 134 Å². The number of carbonyl (C=O) groups is 1. The molecule has 1 amide bonds. The maximum atomic E-state index is 13.0. The van der Waals surface area contributed by atoms with Crippen LogP contribution in [0.5, 0.6) is 0 Å². The summed E-state index contributed by atoms with van der Waals surface area (Å²) in [6.45, 7) is 0.504. The van der Waals surface area contributed by atoms with Crippen LogP contribution in [0.4, 0.5) is 0 Å². The van der Waals surface area contributed by atoms with E-state index < -0.39 is 0 Å². The van der Waals surface area contributed by atoms with Crippen molar-refractivity contribution < 1.29 is 9.21 Å². The Morgan fingerprint density at radius 1 is 1.30 bits per heavy atom. The zero-order valence-electron chi connectivity index (χ0n) is 13.3. The highest BCUT2D eigenvalue weighted by Gasteiger charge is 2.27. The summed E-state index contributed by atoms with van der Waals surface area (Å²) in [5, 5.41) is 4.11. The van der Waals surface area contributed by atoms with Gasteiger partial charge in [-0.2, -0.15) is 5.10 Å². The highest BCUT2D eigenvalue weighted by molar-refractivity contribution is 5.92. The highest BCUT2D eigenvalue weighted by Crippen LogP contribution is 2.25. The minimum absolute atomic E-state index is 0.131. The van der Waals surface area contributed by atoms with Crippen molar-refractivity contribution in [1.82, 2.24) is 14.7 Å². The Morgan fingerprint density at radius 2 is 2.09 bits per heavy atom. The molecule has 0 spiro atoms. The molecule has 23 heavy (non-hydrogen) atoms. The van der Waals surface area contributed by atoms with Crippen LogP contribution in [0.2, 0.25) is 0 Å². The molecular formula is C17H21N3O3. The normalized spacial score (nSPS) is 15.5. The lowest BCUT2D eigenvalue weighted by atomic mass is 9.93. The number of carbonyl (C=O) groups excluding carboxylic acids is 1. The van der Waals surface area contributed by atoms with Crippen LogP contribution in [0, 0.1) is 0 Å². The van der Waals surface area contributed by atoms with Gasteiger partial charge in [0.2, 0.25) is 0 Å². The predicted octanol–water partition coefficient (Wildman–Crippen LogP) is 2.35. The third-order valence-electron chi connectivity index (χ3n) is 4.39. The molecule has 0 bridgehead atoms. The molecule has 0 radical (unpaired) electrons. The number of amides is 1. The molecule has 3 rings (SSSR count). The van der Waals surface area contributed by atoms with Crippen LogP contribution in [0.25, 0.3) is 0 Å². The molecule has 122 valence electrons. The van der Waals surface area contributed by atoms with Gasteiger partial charge in [0.15, 0.2) is 0 Å². The number of aryl methyl sites for hydroxylation is 1. The van der Waals surface area contributed by atoms with Crippen LogP contribution in [0.1, 0.15) is 48.2 Å². The summed E-state index contributed by atoms with van der Waals surface area (Å²) in [6.07, 6.45) is 8.80. The molecule has 0 unspecified atom stereocenters. The van der Waals surface area contributed by atoms with Crippen molar-refractivity contribution in [2.75, 3.05) is 0 Å². The fraction of sp³-hybridized carbons (Fsp3) is 0.471. The number of aromatic nitrogens is 2. The average Bonchev–Trinajstić information content (AvgIpc) is 3.08. The highest BCUT2D eigenvalue weighted by atomic mass is 16.3. The van der Waals surface area contributed by atoms with Crippen molar-refractivity contribution in [1.29, 1.82) is 0 Å². The lowest BCUT2D eigenvalue weighted by Gasteiger charge is -2.34.